The van der Waals surface area contributed by atoms with Gasteiger partial charge in [0.25, 0.3) is 0 Å². The van der Waals surface area contributed by atoms with E-state index in [2.05, 4.69) is 42.0 Å². The molecule has 1 aromatic carbocycles. The molecule has 0 bridgehead atoms. The minimum absolute atomic E-state index is 0.577. The number of rotatable bonds is 2. The van der Waals surface area contributed by atoms with Crippen molar-refractivity contribution in [3.8, 4) is 11.4 Å². The Morgan fingerprint density at radius 3 is 2.86 bits per heavy atom. The zero-order chi connectivity index (χ0) is 9.97. The molecule has 1 aromatic heterocycles. The highest BCUT2D eigenvalue weighted by Gasteiger charge is 2.06. The Morgan fingerprint density at radius 1 is 1.36 bits per heavy atom. The van der Waals surface area contributed by atoms with Crippen molar-refractivity contribution < 1.29 is 4.52 Å². The van der Waals surface area contributed by atoms with Gasteiger partial charge in [0, 0.05) is 10.0 Å². The molecule has 0 amide bonds. The van der Waals surface area contributed by atoms with Crippen molar-refractivity contribution in [2.45, 2.75) is 5.33 Å². The predicted molar refractivity (Wildman–Crippen MR) is 60.1 cm³/mol. The second-order valence-corrected chi connectivity index (χ2v) is 4.13. The van der Waals surface area contributed by atoms with Crippen LogP contribution < -0.4 is 0 Å². The van der Waals surface area contributed by atoms with Crippen LogP contribution in [0.3, 0.4) is 0 Å². The topological polar surface area (TPSA) is 38.9 Å². The molecule has 0 aliphatic carbocycles. The Bertz CT molecular complexity index is 442. The Morgan fingerprint density at radius 2 is 2.21 bits per heavy atom. The lowest BCUT2D eigenvalue weighted by Crippen LogP contribution is -1.81. The number of hydrogen-bond acceptors (Lipinski definition) is 3. The Balaban J connectivity index is 2.39. The Hall–Kier alpha value is -0.680. The summed E-state index contributed by atoms with van der Waals surface area (Å²) in [4.78, 5) is 4.19. The largest absolute Gasteiger partial charge is 0.338 e. The predicted octanol–water partition coefficient (Wildman–Crippen LogP) is 3.39. The summed E-state index contributed by atoms with van der Waals surface area (Å²) < 4.78 is 5.98. The lowest BCUT2D eigenvalue weighted by molar-refractivity contribution is 0.392. The normalized spacial score (nSPS) is 10.4. The van der Waals surface area contributed by atoms with Gasteiger partial charge in [0.05, 0.1) is 5.33 Å². The third kappa shape index (κ3) is 2.04. The number of benzene rings is 1. The van der Waals surface area contributed by atoms with Gasteiger partial charge in [-0.05, 0) is 12.1 Å². The van der Waals surface area contributed by atoms with Crippen molar-refractivity contribution in [1.29, 1.82) is 0 Å². The summed E-state index contributed by atoms with van der Waals surface area (Å²) in [6, 6.07) is 7.77. The monoisotopic (exact) mass is 316 g/mol. The van der Waals surface area contributed by atoms with E-state index in [1.165, 1.54) is 0 Å². The molecule has 0 saturated carbocycles. The van der Waals surface area contributed by atoms with E-state index in [1.807, 2.05) is 24.3 Å². The first kappa shape index (κ1) is 9.86. The third-order valence-corrected chi connectivity index (χ3v) is 2.64. The van der Waals surface area contributed by atoms with Crippen LogP contribution in [-0.4, -0.2) is 10.1 Å². The second-order valence-electron chi connectivity index (χ2n) is 2.66. The minimum atomic E-state index is 0.577. The van der Waals surface area contributed by atoms with Crippen LogP contribution in [0.25, 0.3) is 11.4 Å². The average molecular weight is 318 g/mol. The molecule has 1 heterocycles. The van der Waals surface area contributed by atoms with Crippen LogP contribution in [-0.2, 0) is 5.33 Å². The maximum absolute atomic E-state index is 4.98. The molecule has 72 valence electrons. The molecule has 5 heteroatoms. The van der Waals surface area contributed by atoms with Crippen molar-refractivity contribution in [3.05, 3.63) is 34.6 Å². The van der Waals surface area contributed by atoms with Crippen molar-refractivity contribution in [2.24, 2.45) is 0 Å². The molecule has 0 unspecified atom stereocenters. The standard InChI is InChI=1S/C9H6Br2N2O/c10-5-8-12-9(13-14-8)6-2-1-3-7(11)4-6/h1-4H,5H2. The first-order chi connectivity index (χ1) is 6.79. The van der Waals surface area contributed by atoms with Gasteiger partial charge in [-0.1, -0.05) is 49.1 Å². The SMILES string of the molecule is BrCc1nc(-c2cccc(Br)c2)no1. The Kier molecular flexibility index (Phi) is 2.98. The van der Waals surface area contributed by atoms with E-state index in [-0.39, 0.29) is 0 Å². The summed E-state index contributed by atoms with van der Waals surface area (Å²) in [5.74, 6) is 1.20. The van der Waals surface area contributed by atoms with Gasteiger partial charge in [0.2, 0.25) is 11.7 Å². The lowest BCUT2D eigenvalue weighted by atomic mass is 10.2. The summed E-state index contributed by atoms with van der Waals surface area (Å²) in [7, 11) is 0. The first-order valence-corrected chi connectivity index (χ1v) is 5.85. The molecule has 0 spiro atoms. The van der Waals surface area contributed by atoms with Gasteiger partial charge in [0.1, 0.15) is 0 Å². The summed E-state index contributed by atoms with van der Waals surface area (Å²) >= 11 is 6.64. The number of hydrogen-bond donors (Lipinski definition) is 0. The van der Waals surface area contributed by atoms with Crippen molar-refractivity contribution >= 4 is 31.9 Å². The van der Waals surface area contributed by atoms with Crippen LogP contribution >= 0.6 is 31.9 Å². The van der Waals surface area contributed by atoms with Crippen molar-refractivity contribution in [1.82, 2.24) is 10.1 Å². The van der Waals surface area contributed by atoms with Crippen LogP contribution in [0.2, 0.25) is 0 Å². The van der Waals surface area contributed by atoms with E-state index < -0.39 is 0 Å². The zero-order valence-electron chi connectivity index (χ0n) is 7.08. The van der Waals surface area contributed by atoms with Gasteiger partial charge in [-0.25, -0.2) is 0 Å². The van der Waals surface area contributed by atoms with E-state index in [1.54, 1.807) is 0 Å². The van der Waals surface area contributed by atoms with E-state index in [9.17, 15) is 0 Å². The van der Waals surface area contributed by atoms with Crippen LogP contribution in [0, 0.1) is 0 Å². The van der Waals surface area contributed by atoms with E-state index in [0.717, 1.165) is 10.0 Å². The van der Waals surface area contributed by atoms with Crippen molar-refractivity contribution in [3.63, 3.8) is 0 Å². The molecule has 0 aliphatic rings. The minimum Gasteiger partial charge on any atom is -0.338 e. The summed E-state index contributed by atoms with van der Waals surface area (Å²) in [5, 5.41) is 4.44. The van der Waals surface area contributed by atoms with Gasteiger partial charge in [-0.2, -0.15) is 4.98 Å². The maximum atomic E-state index is 4.98. The van der Waals surface area contributed by atoms with Gasteiger partial charge in [-0.3, -0.25) is 0 Å². The maximum Gasteiger partial charge on any atom is 0.237 e. The fraction of sp³-hybridized carbons (Fsp3) is 0.111. The molecule has 2 aromatic rings. The van der Waals surface area contributed by atoms with Gasteiger partial charge in [-0.15, -0.1) is 0 Å². The molecule has 0 fully saturated rings. The molecule has 0 saturated heterocycles. The summed E-state index contributed by atoms with van der Waals surface area (Å²) in [6.45, 7) is 0. The number of halogens is 2. The zero-order valence-corrected chi connectivity index (χ0v) is 10.2. The smallest absolute Gasteiger partial charge is 0.237 e. The molecule has 3 nitrogen and oxygen atoms in total. The molecule has 0 aliphatic heterocycles. The van der Waals surface area contributed by atoms with E-state index in [4.69, 9.17) is 4.52 Å². The van der Waals surface area contributed by atoms with Gasteiger partial charge >= 0.3 is 0 Å². The highest BCUT2D eigenvalue weighted by Crippen LogP contribution is 2.20. The van der Waals surface area contributed by atoms with Gasteiger partial charge in [0.15, 0.2) is 0 Å². The molecule has 0 N–H and O–H groups in total. The summed E-state index contributed by atoms with van der Waals surface area (Å²) in [5.41, 5.74) is 0.940. The highest BCUT2D eigenvalue weighted by atomic mass is 79.9. The molecule has 0 atom stereocenters. The molecule has 2 rings (SSSR count). The summed E-state index contributed by atoms with van der Waals surface area (Å²) in [6.07, 6.45) is 0. The number of nitrogens with zero attached hydrogens (tertiary/aromatic N) is 2. The fourth-order valence-corrected chi connectivity index (χ4v) is 1.68. The highest BCUT2D eigenvalue weighted by molar-refractivity contribution is 9.10. The second kappa shape index (κ2) is 4.23. The van der Waals surface area contributed by atoms with Crippen LogP contribution in [0.4, 0.5) is 0 Å². The average Bonchev–Trinajstić information content (AvgIpc) is 2.66. The molecular weight excluding hydrogens is 312 g/mol. The molecular formula is C9H6Br2N2O. The first-order valence-electron chi connectivity index (χ1n) is 3.94. The quantitative estimate of drug-likeness (QED) is 0.797. The van der Waals surface area contributed by atoms with Crippen LogP contribution in [0.5, 0.6) is 0 Å². The third-order valence-electron chi connectivity index (χ3n) is 1.67. The number of alkyl halides is 1. The van der Waals surface area contributed by atoms with Crippen molar-refractivity contribution in [2.75, 3.05) is 0 Å². The molecule has 0 radical (unpaired) electrons. The van der Waals surface area contributed by atoms with E-state index >= 15 is 0 Å². The van der Waals surface area contributed by atoms with Crippen LogP contribution in [0.15, 0.2) is 33.3 Å². The lowest BCUT2D eigenvalue weighted by Gasteiger charge is -1.93. The fourth-order valence-electron chi connectivity index (χ4n) is 1.05. The van der Waals surface area contributed by atoms with Gasteiger partial charge < -0.3 is 4.52 Å². The van der Waals surface area contributed by atoms with Crippen LogP contribution in [0.1, 0.15) is 5.89 Å². The number of aromatic nitrogens is 2. The molecule has 14 heavy (non-hydrogen) atoms. The van der Waals surface area contributed by atoms with E-state index in [0.29, 0.717) is 17.0 Å². The Labute approximate surface area is 97.8 Å².